The van der Waals surface area contributed by atoms with Crippen LogP contribution in [0.5, 0.6) is 0 Å². The Morgan fingerprint density at radius 3 is 3.05 bits per heavy atom. The summed E-state index contributed by atoms with van der Waals surface area (Å²) < 4.78 is 0. The van der Waals surface area contributed by atoms with Crippen molar-refractivity contribution in [1.82, 2.24) is 4.90 Å². The van der Waals surface area contributed by atoms with Crippen LogP contribution in [0.1, 0.15) is 31.7 Å². The minimum absolute atomic E-state index is 0.00520. The third kappa shape index (κ3) is 5.12. The van der Waals surface area contributed by atoms with E-state index in [9.17, 15) is 9.90 Å². The van der Waals surface area contributed by atoms with Gasteiger partial charge in [0.2, 0.25) is 5.91 Å². The molecule has 1 heterocycles. The molecule has 0 saturated carbocycles. The van der Waals surface area contributed by atoms with Crippen LogP contribution in [0.25, 0.3) is 0 Å². The van der Waals surface area contributed by atoms with Crippen LogP contribution in [0.4, 0.5) is 5.69 Å². The molecule has 1 atom stereocenters. The highest BCUT2D eigenvalue weighted by atomic mass is 16.3. The Kier molecular flexibility index (Phi) is 5.33. The van der Waals surface area contributed by atoms with Gasteiger partial charge in [0.05, 0.1) is 5.60 Å². The third-order valence-corrected chi connectivity index (χ3v) is 3.86. The predicted molar refractivity (Wildman–Crippen MR) is 83.9 cm³/mol. The summed E-state index contributed by atoms with van der Waals surface area (Å²) in [6.07, 6.45) is 2.25. The summed E-state index contributed by atoms with van der Waals surface area (Å²) in [6.45, 7) is 4.59. The van der Waals surface area contributed by atoms with E-state index in [2.05, 4.69) is 10.2 Å². The molecule has 116 valence electrons. The fourth-order valence-corrected chi connectivity index (χ4v) is 2.77. The van der Waals surface area contributed by atoms with Crippen molar-refractivity contribution in [2.45, 2.75) is 38.3 Å². The van der Waals surface area contributed by atoms with Crippen molar-refractivity contribution in [3.63, 3.8) is 0 Å². The Labute approximate surface area is 126 Å². The van der Waals surface area contributed by atoms with Gasteiger partial charge in [-0.25, -0.2) is 0 Å². The van der Waals surface area contributed by atoms with Gasteiger partial charge in [-0.3, -0.25) is 9.69 Å². The summed E-state index contributed by atoms with van der Waals surface area (Å²) in [5.41, 5.74) is 6.75. The van der Waals surface area contributed by atoms with Gasteiger partial charge in [0.15, 0.2) is 0 Å². The number of hydrogen-bond acceptors (Lipinski definition) is 4. The summed E-state index contributed by atoms with van der Waals surface area (Å²) in [4.78, 5) is 14.1. The maximum Gasteiger partial charge on any atom is 0.225 e. The lowest BCUT2D eigenvalue weighted by Gasteiger charge is -2.36. The van der Waals surface area contributed by atoms with E-state index < -0.39 is 5.60 Å². The maximum atomic E-state index is 12.0. The number of amides is 1. The van der Waals surface area contributed by atoms with Gasteiger partial charge in [0.25, 0.3) is 0 Å². The van der Waals surface area contributed by atoms with Gasteiger partial charge in [0.1, 0.15) is 0 Å². The molecule has 0 aliphatic carbocycles. The lowest BCUT2D eigenvalue weighted by Crippen LogP contribution is -2.46. The highest BCUT2D eigenvalue weighted by molar-refractivity contribution is 5.90. The topological polar surface area (TPSA) is 78.6 Å². The van der Waals surface area contributed by atoms with E-state index >= 15 is 0 Å². The molecule has 2 rings (SSSR count). The first kappa shape index (κ1) is 15.9. The molecule has 1 unspecified atom stereocenters. The Morgan fingerprint density at radius 1 is 1.52 bits per heavy atom. The van der Waals surface area contributed by atoms with Crippen LogP contribution < -0.4 is 11.1 Å². The fraction of sp³-hybridized carbons (Fsp3) is 0.562. The van der Waals surface area contributed by atoms with Gasteiger partial charge in [-0.05, 0) is 44.0 Å². The summed E-state index contributed by atoms with van der Waals surface area (Å²) in [5, 5.41) is 12.9. The molecule has 5 heteroatoms. The van der Waals surface area contributed by atoms with Gasteiger partial charge in [0, 0.05) is 31.7 Å². The number of hydrogen-bond donors (Lipinski definition) is 3. The molecule has 1 aliphatic rings. The fourth-order valence-electron chi connectivity index (χ4n) is 2.77. The standard InChI is InChI=1S/C16H25N3O2/c1-16(21)7-3-8-19(12-16)9-6-15(20)18-14-5-2-4-13(10-14)11-17/h2,4-5,10,21H,3,6-9,11-12,17H2,1H3,(H,18,20). The molecular weight excluding hydrogens is 266 g/mol. The second-order valence-electron chi connectivity index (χ2n) is 6.08. The Hall–Kier alpha value is -1.43. The summed E-state index contributed by atoms with van der Waals surface area (Å²) in [7, 11) is 0. The minimum atomic E-state index is -0.621. The molecule has 1 fully saturated rings. The van der Waals surface area contributed by atoms with Crippen molar-refractivity contribution in [3.8, 4) is 0 Å². The normalized spacial score (nSPS) is 23.0. The summed E-state index contributed by atoms with van der Waals surface area (Å²) in [6, 6.07) is 7.58. The molecule has 5 nitrogen and oxygen atoms in total. The monoisotopic (exact) mass is 291 g/mol. The van der Waals surface area contributed by atoms with Crippen LogP contribution in [0.2, 0.25) is 0 Å². The molecular formula is C16H25N3O2. The molecule has 0 bridgehead atoms. The van der Waals surface area contributed by atoms with Gasteiger partial charge < -0.3 is 16.2 Å². The number of carbonyl (C=O) groups excluding carboxylic acids is 1. The number of nitrogens with zero attached hydrogens (tertiary/aromatic N) is 1. The lowest BCUT2D eigenvalue weighted by atomic mass is 9.95. The molecule has 1 aliphatic heterocycles. The van der Waals surface area contributed by atoms with Gasteiger partial charge in [-0.15, -0.1) is 0 Å². The van der Waals surface area contributed by atoms with Crippen molar-refractivity contribution >= 4 is 11.6 Å². The molecule has 1 amide bonds. The number of anilines is 1. The number of nitrogens with two attached hydrogens (primary N) is 1. The zero-order valence-electron chi connectivity index (χ0n) is 12.6. The van der Waals surface area contributed by atoms with Crippen LogP contribution in [0.3, 0.4) is 0 Å². The summed E-state index contributed by atoms with van der Waals surface area (Å²) in [5.74, 6) is -0.00520. The Morgan fingerprint density at radius 2 is 2.33 bits per heavy atom. The first-order chi connectivity index (χ1) is 9.98. The first-order valence-corrected chi connectivity index (χ1v) is 7.52. The number of piperidine rings is 1. The lowest BCUT2D eigenvalue weighted by molar-refractivity contribution is -0.117. The zero-order chi connectivity index (χ0) is 15.3. The third-order valence-electron chi connectivity index (χ3n) is 3.86. The molecule has 0 aromatic heterocycles. The number of likely N-dealkylation sites (tertiary alicyclic amines) is 1. The van der Waals surface area contributed by atoms with E-state index in [4.69, 9.17) is 5.73 Å². The largest absolute Gasteiger partial charge is 0.389 e. The molecule has 21 heavy (non-hydrogen) atoms. The number of carbonyl (C=O) groups is 1. The SMILES string of the molecule is CC1(O)CCCN(CCC(=O)Nc2cccc(CN)c2)C1. The number of benzene rings is 1. The number of aliphatic hydroxyl groups is 1. The van der Waals surface area contributed by atoms with E-state index in [0.29, 0.717) is 26.1 Å². The average Bonchev–Trinajstić information content (AvgIpc) is 2.44. The van der Waals surface area contributed by atoms with Crippen LogP contribution in [-0.4, -0.2) is 41.1 Å². The minimum Gasteiger partial charge on any atom is -0.389 e. The van der Waals surface area contributed by atoms with Gasteiger partial charge >= 0.3 is 0 Å². The van der Waals surface area contributed by atoms with Crippen LogP contribution >= 0.6 is 0 Å². The average molecular weight is 291 g/mol. The van der Waals surface area contributed by atoms with Crippen molar-refractivity contribution in [2.75, 3.05) is 25.0 Å². The predicted octanol–water partition coefficient (Wildman–Crippen LogP) is 1.32. The van der Waals surface area contributed by atoms with Crippen molar-refractivity contribution in [2.24, 2.45) is 5.73 Å². The zero-order valence-corrected chi connectivity index (χ0v) is 12.6. The van der Waals surface area contributed by atoms with E-state index in [1.807, 2.05) is 31.2 Å². The van der Waals surface area contributed by atoms with Crippen LogP contribution in [0, 0.1) is 0 Å². The Balaban J connectivity index is 1.79. The molecule has 0 radical (unpaired) electrons. The first-order valence-electron chi connectivity index (χ1n) is 7.52. The molecule has 1 aromatic carbocycles. The van der Waals surface area contributed by atoms with Crippen molar-refractivity contribution < 1.29 is 9.90 Å². The molecule has 1 saturated heterocycles. The smallest absolute Gasteiger partial charge is 0.225 e. The summed E-state index contributed by atoms with van der Waals surface area (Å²) >= 11 is 0. The number of rotatable bonds is 5. The quantitative estimate of drug-likeness (QED) is 0.764. The van der Waals surface area contributed by atoms with Gasteiger partial charge in [-0.2, -0.15) is 0 Å². The number of β-amino-alcohol motifs (C(OH)–C–C–N with tert-alkyl or cyclic N) is 1. The second kappa shape index (κ2) is 7.02. The van der Waals surface area contributed by atoms with Crippen molar-refractivity contribution in [1.29, 1.82) is 0 Å². The van der Waals surface area contributed by atoms with E-state index in [1.54, 1.807) is 0 Å². The molecule has 0 spiro atoms. The molecule has 4 N–H and O–H groups in total. The van der Waals surface area contributed by atoms with Gasteiger partial charge in [-0.1, -0.05) is 12.1 Å². The highest BCUT2D eigenvalue weighted by Crippen LogP contribution is 2.20. The highest BCUT2D eigenvalue weighted by Gasteiger charge is 2.28. The maximum absolute atomic E-state index is 12.0. The van der Waals surface area contributed by atoms with Crippen LogP contribution in [-0.2, 0) is 11.3 Å². The van der Waals surface area contributed by atoms with Crippen LogP contribution in [0.15, 0.2) is 24.3 Å². The van der Waals surface area contributed by atoms with E-state index in [0.717, 1.165) is 30.6 Å². The second-order valence-corrected chi connectivity index (χ2v) is 6.08. The Bertz CT molecular complexity index is 488. The van der Waals surface area contributed by atoms with E-state index in [1.165, 1.54) is 0 Å². The molecule has 1 aromatic rings. The van der Waals surface area contributed by atoms with Crippen molar-refractivity contribution in [3.05, 3.63) is 29.8 Å². The van der Waals surface area contributed by atoms with E-state index in [-0.39, 0.29) is 5.91 Å². The number of nitrogens with one attached hydrogen (secondary N) is 1.